The van der Waals surface area contributed by atoms with Crippen LogP contribution in [0.5, 0.6) is 5.75 Å². The number of rotatable bonds is 8. The molecule has 0 saturated heterocycles. The van der Waals surface area contributed by atoms with Gasteiger partial charge < -0.3 is 15.4 Å². The number of hydrogen-bond donors (Lipinski definition) is 2. The van der Waals surface area contributed by atoms with Gasteiger partial charge in [-0.3, -0.25) is 14.2 Å². The maximum Gasteiger partial charge on any atom is 0.234 e. The van der Waals surface area contributed by atoms with Crippen LogP contribution in [0.4, 0.5) is 11.4 Å². The summed E-state index contributed by atoms with van der Waals surface area (Å²) in [4.78, 5) is 28.5. The van der Waals surface area contributed by atoms with Gasteiger partial charge >= 0.3 is 0 Å². The Hall–Kier alpha value is -3.26. The molecular weight excluding hydrogens is 400 g/mol. The van der Waals surface area contributed by atoms with Crippen molar-refractivity contribution in [3.8, 4) is 11.4 Å². The highest BCUT2D eigenvalue weighted by atomic mass is 32.2. The first-order valence-corrected chi connectivity index (χ1v) is 10.6. The molecule has 1 aliphatic carbocycles. The predicted molar refractivity (Wildman–Crippen MR) is 117 cm³/mol. The summed E-state index contributed by atoms with van der Waals surface area (Å²) in [6.45, 7) is 0. The molecule has 1 heterocycles. The Morgan fingerprint density at radius 3 is 2.37 bits per heavy atom. The average Bonchev–Trinajstić information content (AvgIpc) is 3.52. The molecule has 0 aliphatic heterocycles. The summed E-state index contributed by atoms with van der Waals surface area (Å²) in [5.74, 6) is 1.11. The van der Waals surface area contributed by atoms with Gasteiger partial charge in [0.1, 0.15) is 5.75 Å². The van der Waals surface area contributed by atoms with Crippen molar-refractivity contribution in [2.75, 3.05) is 23.5 Å². The van der Waals surface area contributed by atoms with E-state index in [-0.39, 0.29) is 23.5 Å². The third kappa shape index (κ3) is 5.01. The molecule has 1 saturated carbocycles. The topological polar surface area (TPSA) is 85.2 Å². The number of thioether (sulfide) groups is 1. The van der Waals surface area contributed by atoms with Gasteiger partial charge in [-0.2, -0.15) is 0 Å². The maximum absolute atomic E-state index is 12.3. The van der Waals surface area contributed by atoms with E-state index in [0.717, 1.165) is 35.1 Å². The number of benzene rings is 2. The zero-order chi connectivity index (χ0) is 20.9. The number of ether oxygens (including phenoxy) is 1. The Labute approximate surface area is 178 Å². The van der Waals surface area contributed by atoms with Crippen molar-refractivity contribution in [2.45, 2.75) is 18.0 Å². The van der Waals surface area contributed by atoms with Crippen LogP contribution in [0.1, 0.15) is 12.8 Å². The van der Waals surface area contributed by atoms with Gasteiger partial charge in [-0.05, 0) is 61.4 Å². The molecule has 1 aromatic heterocycles. The van der Waals surface area contributed by atoms with Gasteiger partial charge in [0.2, 0.25) is 11.8 Å². The molecule has 0 bridgehead atoms. The van der Waals surface area contributed by atoms with Gasteiger partial charge in [-0.25, -0.2) is 4.98 Å². The van der Waals surface area contributed by atoms with Crippen LogP contribution >= 0.6 is 11.8 Å². The summed E-state index contributed by atoms with van der Waals surface area (Å²) in [6, 6.07) is 14.8. The molecular formula is C22H22N4O3S. The van der Waals surface area contributed by atoms with Gasteiger partial charge in [0.05, 0.1) is 12.9 Å². The Morgan fingerprint density at radius 2 is 1.73 bits per heavy atom. The van der Waals surface area contributed by atoms with Crippen molar-refractivity contribution in [3.05, 3.63) is 60.9 Å². The fourth-order valence-electron chi connectivity index (χ4n) is 2.89. The highest BCUT2D eigenvalue weighted by Crippen LogP contribution is 2.30. The number of methoxy groups -OCH3 is 1. The minimum atomic E-state index is -0.126. The molecule has 30 heavy (non-hydrogen) atoms. The fraction of sp³-hybridized carbons (Fsp3) is 0.227. The maximum atomic E-state index is 12.3. The third-order valence-electron chi connectivity index (χ3n) is 4.67. The lowest BCUT2D eigenvalue weighted by atomic mass is 10.2. The van der Waals surface area contributed by atoms with E-state index in [9.17, 15) is 9.59 Å². The number of nitrogens with one attached hydrogen (secondary N) is 2. The molecule has 0 radical (unpaired) electrons. The van der Waals surface area contributed by atoms with E-state index in [1.807, 2.05) is 35.0 Å². The first-order valence-electron chi connectivity index (χ1n) is 9.64. The summed E-state index contributed by atoms with van der Waals surface area (Å²) in [5.41, 5.74) is 2.37. The summed E-state index contributed by atoms with van der Waals surface area (Å²) in [7, 11) is 1.63. The smallest absolute Gasteiger partial charge is 0.234 e. The molecule has 0 unspecified atom stereocenters. The Bertz CT molecular complexity index is 1030. The quantitative estimate of drug-likeness (QED) is 0.537. The van der Waals surface area contributed by atoms with Crippen molar-refractivity contribution in [1.82, 2.24) is 9.55 Å². The largest absolute Gasteiger partial charge is 0.497 e. The van der Waals surface area contributed by atoms with Crippen molar-refractivity contribution in [1.29, 1.82) is 0 Å². The summed E-state index contributed by atoms with van der Waals surface area (Å²) >= 11 is 1.36. The molecule has 8 heteroatoms. The highest BCUT2D eigenvalue weighted by Gasteiger charge is 2.29. The predicted octanol–water partition coefficient (Wildman–Crippen LogP) is 3.96. The molecule has 1 fully saturated rings. The Balaban J connectivity index is 1.31. The van der Waals surface area contributed by atoms with E-state index < -0.39 is 0 Å². The van der Waals surface area contributed by atoms with Crippen LogP contribution in [0.3, 0.4) is 0 Å². The van der Waals surface area contributed by atoms with Crippen LogP contribution in [0.2, 0.25) is 0 Å². The number of aromatic nitrogens is 2. The van der Waals surface area contributed by atoms with Crippen LogP contribution in [0, 0.1) is 5.92 Å². The summed E-state index contributed by atoms with van der Waals surface area (Å²) < 4.78 is 7.11. The van der Waals surface area contributed by atoms with Crippen molar-refractivity contribution >= 4 is 35.0 Å². The summed E-state index contributed by atoms with van der Waals surface area (Å²) in [6.07, 6.45) is 5.50. The van der Waals surface area contributed by atoms with Gasteiger partial charge in [-0.15, -0.1) is 0 Å². The lowest BCUT2D eigenvalue weighted by Gasteiger charge is -2.09. The Kier molecular flexibility index (Phi) is 6.04. The number of anilines is 2. The lowest BCUT2D eigenvalue weighted by molar-refractivity contribution is -0.117. The second-order valence-electron chi connectivity index (χ2n) is 6.96. The van der Waals surface area contributed by atoms with Crippen molar-refractivity contribution < 1.29 is 14.3 Å². The molecule has 2 N–H and O–H groups in total. The monoisotopic (exact) mass is 422 g/mol. The van der Waals surface area contributed by atoms with Crippen LogP contribution in [-0.4, -0.2) is 34.2 Å². The van der Waals surface area contributed by atoms with Crippen LogP contribution in [0.15, 0.2) is 66.1 Å². The molecule has 154 valence electrons. The number of hydrogen-bond acceptors (Lipinski definition) is 5. The number of carbonyl (C=O) groups is 2. The van der Waals surface area contributed by atoms with Gasteiger partial charge in [-0.1, -0.05) is 11.8 Å². The normalized spacial score (nSPS) is 13.0. The minimum absolute atomic E-state index is 0.0653. The molecule has 0 spiro atoms. The average molecular weight is 423 g/mol. The van der Waals surface area contributed by atoms with Gasteiger partial charge in [0, 0.05) is 35.4 Å². The second-order valence-corrected chi connectivity index (χ2v) is 7.90. The number of imidazole rings is 1. The van der Waals surface area contributed by atoms with Crippen LogP contribution in [-0.2, 0) is 9.59 Å². The number of nitrogens with zero attached hydrogens (tertiary/aromatic N) is 2. The van der Waals surface area contributed by atoms with E-state index in [1.165, 1.54) is 11.8 Å². The fourth-order valence-corrected chi connectivity index (χ4v) is 3.66. The molecule has 3 aromatic rings. The Morgan fingerprint density at radius 1 is 1.07 bits per heavy atom. The third-order valence-corrected chi connectivity index (χ3v) is 5.64. The lowest BCUT2D eigenvalue weighted by Crippen LogP contribution is -2.15. The molecule has 0 atom stereocenters. The van der Waals surface area contributed by atoms with E-state index in [2.05, 4.69) is 15.6 Å². The molecule has 2 amide bonds. The van der Waals surface area contributed by atoms with E-state index >= 15 is 0 Å². The zero-order valence-electron chi connectivity index (χ0n) is 16.5. The molecule has 2 aromatic carbocycles. The minimum Gasteiger partial charge on any atom is -0.497 e. The standard InChI is InChI=1S/C22H22N4O3S/c1-29-19-10-8-18(9-11-19)26-13-12-23-22(26)30-14-20(27)24-16-4-6-17(7-5-16)25-21(28)15-2-3-15/h4-13,15H,2-3,14H2,1H3,(H,24,27)(H,25,28). The van der Waals surface area contributed by atoms with E-state index in [4.69, 9.17) is 4.74 Å². The summed E-state index contributed by atoms with van der Waals surface area (Å²) in [5, 5.41) is 6.48. The molecule has 7 nitrogen and oxygen atoms in total. The van der Waals surface area contributed by atoms with Crippen molar-refractivity contribution in [3.63, 3.8) is 0 Å². The SMILES string of the molecule is COc1ccc(-n2ccnc2SCC(=O)Nc2ccc(NC(=O)C3CC3)cc2)cc1. The number of carbonyl (C=O) groups excluding carboxylic acids is 2. The van der Waals surface area contributed by atoms with E-state index in [1.54, 1.807) is 37.6 Å². The van der Waals surface area contributed by atoms with E-state index in [0.29, 0.717) is 5.69 Å². The highest BCUT2D eigenvalue weighted by molar-refractivity contribution is 7.99. The second kappa shape index (κ2) is 9.04. The zero-order valence-corrected chi connectivity index (χ0v) is 17.3. The number of amides is 2. The first-order chi connectivity index (χ1) is 14.6. The van der Waals surface area contributed by atoms with Gasteiger partial charge in [0.25, 0.3) is 0 Å². The molecule has 4 rings (SSSR count). The van der Waals surface area contributed by atoms with Gasteiger partial charge in [0.15, 0.2) is 5.16 Å². The molecule has 1 aliphatic rings. The van der Waals surface area contributed by atoms with Crippen molar-refractivity contribution in [2.24, 2.45) is 5.92 Å². The van der Waals surface area contributed by atoms with Crippen LogP contribution < -0.4 is 15.4 Å². The van der Waals surface area contributed by atoms with Crippen LogP contribution in [0.25, 0.3) is 5.69 Å². The first kappa shape index (κ1) is 20.0.